The van der Waals surface area contributed by atoms with Gasteiger partial charge in [0.1, 0.15) is 0 Å². The Kier molecular flexibility index (Phi) is 4.99. The zero-order chi connectivity index (χ0) is 14.5. The van der Waals surface area contributed by atoms with Crippen LogP contribution in [0.2, 0.25) is 5.02 Å². The fourth-order valence-corrected chi connectivity index (χ4v) is 2.39. The monoisotopic (exact) mass is 289 g/mol. The molecule has 0 amide bonds. The summed E-state index contributed by atoms with van der Waals surface area (Å²) < 4.78 is 0. The third-order valence-electron chi connectivity index (χ3n) is 3.56. The van der Waals surface area contributed by atoms with Gasteiger partial charge in [-0.15, -0.1) is 0 Å². The minimum absolute atomic E-state index is 0.269. The molecule has 1 heterocycles. The summed E-state index contributed by atoms with van der Waals surface area (Å²) in [5.74, 6) is 0. The number of hydrogen-bond acceptors (Lipinski definition) is 3. The summed E-state index contributed by atoms with van der Waals surface area (Å²) >= 11 is 5.95. The molecule has 1 unspecified atom stereocenters. The maximum atomic E-state index is 5.95. The van der Waals surface area contributed by atoms with Gasteiger partial charge in [0.05, 0.1) is 6.04 Å². The van der Waals surface area contributed by atoms with Crippen molar-refractivity contribution in [1.82, 2.24) is 10.3 Å². The van der Waals surface area contributed by atoms with E-state index in [2.05, 4.69) is 47.4 Å². The second-order valence-electron chi connectivity index (χ2n) is 4.87. The Bertz CT molecular complexity index is 554. The minimum atomic E-state index is 0.269. The van der Waals surface area contributed by atoms with Crippen LogP contribution in [0.1, 0.15) is 24.1 Å². The summed E-state index contributed by atoms with van der Waals surface area (Å²) in [5.41, 5.74) is 3.62. The molecule has 0 radical (unpaired) electrons. The Morgan fingerprint density at radius 3 is 2.60 bits per heavy atom. The second-order valence-corrected chi connectivity index (χ2v) is 5.31. The van der Waals surface area contributed by atoms with Gasteiger partial charge in [0.25, 0.3) is 0 Å². The van der Waals surface area contributed by atoms with Gasteiger partial charge >= 0.3 is 0 Å². The largest absolute Gasteiger partial charge is 0.367 e. The topological polar surface area (TPSA) is 28.2 Å². The Hall–Kier alpha value is -1.58. The first-order valence-corrected chi connectivity index (χ1v) is 7.07. The van der Waals surface area contributed by atoms with Crippen molar-refractivity contribution in [3.8, 4) is 0 Å². The number of nitrogens with one attached hydrogen (secondary N) is 1. The van der Waals surface area contributed by atoms with Gasteiger partial charge in [-0.05, 0) is 37.7 Å². The first-order valence-electron chi connectivity index (χ1n) is 6.69. The Balaban J connectivity index is 2.26. The first-order chi connectivity index (χ1) is 9.63. The molecule has 1 aromatic carbocycles. The molecule has 0 saturated heterocycles. The van der Waals surface area contributed by atoms with E-state index in [-0.39, 0.29) is 6.04 Å². The summed E-state index contributed by atoms with van der Waals surface area (Å²) in [4.78, 5) is 6.47. The molecule has 2 aromatic rings. The molecule has 20 heavy (non-hydrogen) atoms. The Morgan fingerprint density at radius 2 is 1.95 bits per heavy atom. The maximum Gasteiger partial charge on any atom is 0.0511 e. The fourth-order valence-electron chi connectivity index (χ4n) is 2.26. The van der Waals surface area contributed by atoms with Gasteiger partial charge in [0.15, 0.2) is 0 Å². The van der Waals surface area contributed by atoms with E-state index >= 15 is 0 Å². The van der Waals surface area contributed by atoms with E-state index in [1.165, 1.54) is 16.8 Å². The van der Waals surface area contributed by atoms with Gasteiger partial charge in [-0.2, -0.15) is 0 Å². The van der Waals surface area contributed by atoms with Gasteiger partial charge in [-0.3, -0.25) is 4.98 Å². The summed E-state index contributed by atoms with van der Waals surface area (Å²) in [5, 5.41) is 3.95. The molecule has 1 N–H and O–H groups in total. The second kappa shape index (κ2) is 6.73. The van der Waals surface area contributed by atoms with Crippen molar-refractivity contribution >= 4 is 17.3 Å². The molecular formula is C16H20ClN3. The number of hydrogen-bond donors (Lipinski definition) is 1. The molecule has 4 heteroatoms. The zero-order valence-electron chi connectivity index (χ0n) is 12.1. The summed E-state index contributed by atoms with van der Waals surface area (Å²) in [6.45, 7) is 2.99. The number of nitrogens with zero attached hydrogens (tertiary/aromatic N) is 2. The molecule has 0 aliphatic carbocycles. The van der Waals surface area contributed by atoms with Crippen LogP contribution in [0.5, 0.6) is 0 Å². The Morgan fingerprint density at radius 1 is 1.25 bits per heavy atom. The highest BCUT2D eigenvalue weighted by Crippen LogP contribution is 2.28. The van der Waals surface area contributed by atoms with Crippen molar-refractivity contribution in [2.24, 2.45) is 0 Å². The van der Waals surface area contributed by atoms with Gasteiger partial charge < -0.3 is 10.2 Å². The SMILES string of the molecule is CNCc1cnccc1N(C)C(C)c1ccc(Cl)cc1. The minimum Gasteiger partial charge on any atom is -0.367 e. The number of anilines is 1. The average Bonchev–Trinajstić information content (AvgIpc) is 2.47. The van der Waals surface area contributed by atoms with Gasteiger partial charge in [-0.1, -0.05) is 23.7 Å². The lowest BCUT2D eigenvalue weighted by atomic mass is 10.1. The van der Waals surface area contributed by atoms with Crippen molar-refractivity contribution in [1.29, 1.82) is 0 Å². The third-order valence-corrected chi connectivity index (χ3v) is 3.81. The van der Waals surface area contributed by atoms with Crippen LogP contribution in [0.15, 0.2) is 42.7 Å². The Labute approximate surface area is 125 Å². The highest BCUT2D eigenvalue weighted by atomic mass is 35.5. The number of rotatable bonds is 5. The van der Waals surface area contributed by atoms with E-state index < -0.39 is 0 Å². The lowest BCUT2D eigenvalue weighted by Gasteiger charge is -2.29. The normalized spacial score (nSPS) is 12.2. The van der Waals surface area contributed by atoms with Crippen LogP contribution in [0.3, 0.4) is 0 Å². The lowest BCUT2D eigenvalue weighted by molar-refractivity contribution is 0.725. The fraction of sp³-hybridized carbons (Fsp3) is 0.312. The van der Waals surface area contributed by atoms with Crippen LogP contribution in [0.25, 0.3) is 0 Å². The summed E-state index contributed by atoms with van der Waals surface area (Å²) in [7, 11) is 4.05. The summed E-state index contributed by atoms with van der Waals surface area (Å²) in [6, 6.07) is 10.3. The predicted molar refractivity (Wildman–Crippen MR) is 85.3 cm³/mol. The van der Waals surface area contributed by atoms with E-state index in [1.54, 1.807) is 0 Å². The average molecular weight is 290 g/mol. The number of pyridine rings is 1. The molecule has 3 nitrogen and oxygen atoms in total. The van der Waals surface area contributed by atoms with Crippen LogP contribution in [0.4, 0.5) is 5.69 Å². The number of halogens is 1. The predicted octanol–water partition coefficient (Wildman–Crippen LogP) is 3.65. The smallest absolute Gasteiger partial charge is 0.0511 e. The van der Waals surface area contributed by atoms with Crippen LogP contribution >= 0.6 is 11.6 Å². The molecule has 1 aromatic heterocycles. The highest BCUT2D eigenvalue weighted by Gasteiger charge is 2.15. The zero-order valence-corrected chi connectivity index (χ0v) is 12.9. The van der Waals surface area contributed by atoms with Crippen molar-refractivity contribution in [2.75, 3.05) is 19.0 Å². The van der Waals surface area contributed by atoms with E-state index in [1.807, 2.05) is 31.6 Å². The van der Waals surface area contributed by atoms with Crippen molar-refractivity contribution in [2.45, 2.75) is 19.5 Å². The molecule has 106 valence electrons. The standard InChI is InChI=1S/C16H20ClN3/c1-12(13-4-6-15(17)7-5-13)20(3)16-8-9-19-11-14(16)10-18-2/h4-9,11-12,18H,10H2,1-3H3. The molecule has 2 rings (SSSR count). The maximum absolute atomic E-state index is 5.95. The molecule has 0 saturated carbocycles. The lowest BCUT2D eigenvalue weighted by Crippen LogP contribution is -2.23. The summed E-state index contributed by atoms with van der Waals surface area (Å²) in [6.07, 6.45) is 3.75. The van der Waals surface area contributed by atoms with E-state index in [4.69, 9.17) is 11.6 Å². The van der Waals surface area contributed by atoms with Crippen LogP contribution in [-0.2, 0) is 6.54 Å². The molecule has 0 aliphatic rings. The van der Waals surface area contributed by atoms with E-state index in [9.17, 15) is 0 Å². The molecule has 0 bridgehead atoms. The highest BCUT2D eigenvalue weighted by molar-refractivity contribution is 6.30. The van der Waals surface area contributed by atoms with Crippen LogP contribution in [0, 0.1) is 0 Å². The third kappa shape index (κ3) is 3.30. The van der Waals surface area contributed by atoms with Crippen molar-refractivity contribution in [3.63, 3.8) is 0 Å². The molecule has 0 spiro atoms. The first kappa shape index (κ1) is 14.8. The van der Waals surface area contributed by atoms with Gasteiger partial charge in [-0.25, -0.2) is 0 Å². The molecule has 0 aliphatic heterocycles. The van der Waals surface area contributed by atoms with Crippen molar-refractivity contribution in [3.05, 3.63) is 58.9 Å². The van der Waals surface area contributed by atoms with E-state index in [0.29, 0.717) is 0 Å². The van der Waals surface area contributed by atoms with Crippen LogP contribution < -0.4 is 10.2 Å². The molecule has 1 atom stereocenters. The number of benzene rings is 1. The number of aromatic nitrogens is 1. The van der Waals surface area contributed by atoms with Crippen molar-refractivity contribution < 1.29 is 0 Å². The van der Waals surface area contributed by atoms with Gasteiger partial charge in [0.2, 0.25) is 0 Å². The quantitative estimate of drug-likeness (QED) is 0.911. The van der Waals surface area contributed by atoms with Crippen LogP contribution in [-0.4, -0.2) is 19.1 Å². The molecular weight excluding hydrogens is 270 g/mol. The molecule has 0 fully saturated rings. The van der Waals surface area contributed by atoms with Gasteiger partial charge in [0, 0.05) is 42.3 Å². The van der Waals surface area contributed by atoms with E-state index in [0.717, 1.165) is 11.6 Å².